The van der Waals surface area contributed by atoms with E-state index in [2.05, 4.69) is 10.4 Å². The number of amides is 1. The molecule has 0 atom stereocenters. The van der Waals surface area contributed by atoms with E-state index in [4.69, 9.17) is 5.11 Å². The maximum absolute atomic E-state index is 11.9. The first-order chi connectivity index (χ1) is 9.94. The van der Waals surface area contributed by atoms with E-state index in [0.29, 0.717) is 6.54 Å². The molecule has 0 radical (unpaired) electrons. The molecule has 0 spiro atoms. The molecule has 0 bridgehead atoms. The Morgan fingerprint density at radius 3 is 2.48 bits per heavy atom. The zero-order chi connectivity index (χ0) is 15.4. The van der Waals surface area contributed by atoms with Gasteiger partial charge < -0.3 is 10.4 Å². The number of carbonyl (C=O) groups excluding carboxylic acids is 1. The average molecular weight is 287 g/mol. The number of carboxylic acid groups (broad SMARTS) is 1. The summed E-state index contributed by atoms with van der Waals surface area (Å²) in [4.78, 5) is 22.6. The van der Waals surface area contributed by atoms with Crippen molar-refractivity contribution in [1.29, 1.82) is 0 Å². The van der Waals surface area contributed by atoms with Crippen LogP contribution in [0.25, 0.3) is 0 Å². The first-order valence-corrected chi connectivity index (χ1v) is 6.59. The van der Waals surface area contributed by atoms with Crippen LogP contribution in [0.3, 0.4) is 0 Å². The fourth-order valence-corrected chi connectivity index (χ4v) is 2.09. The molecule has 110 valence electrons. The number of nitrogens with zero attached hydrogens (tertiary/aromatic N) is 2. The molecule has 1 aromatic heterocycles. The Bertz CT molecular complexity index is 656. The number of aromatic carboxylic acids is 1. The number of nitrogens with one attached hydrogen (secondary N) is 1. The Hall–Kier alpha value is -2.63. The third-order valence-corrected chi connectivity index (χ3v) is 2.93. The van der Waals surface area contributed by atoms with Gasteiger partial charge in [-0.25, -0.2) is 4.79 Å². The van der Waals surface area contributed by atoms with Gasteiger partial charge in [0.15, 0.2) is 5.69 Å². The number of aromatic nitrogens is 2. The van der Waals surface area contributed by atoms with Gasteiger partial charge in [-0.3, -0.25) is 9.48 Å². The minimum absolute atomic E-state index is 0.0234. The zero-order valence-electron chi connectivity index (χ0n) is 12.0. The Kier molecular flexibility index (Phi) is 4.37. The zero-order valence-corrected chi connectivity index (χ0v) is 12.0. The SMILES string of the molecule is Cc1cc(C)cc(NC(=O)CCn2ccc(C(=O)O)n2)c1. The van der Waals surface area contributed by atoms with Gasteiger partial charge in [0, 0.05) is 24.8 Å². The molecule has 6 nitrogen and oxygen atoms in total. The Balaban J connectivity index is 1.90. The highest BCUT2D eigenvalue weighted by Gasteiger charge is 2.08. The van der Waals surface area contributed by atoms with Crippen LogP contribution in [-0.4, -0.2) is 26.8 Å². The van der Waals surface area contributed by atoms with Crippen molar-refractivity contribution in [3.8, 4) is 0 Å². The number of carboxylic acids is 1. The molecule has 0 saturated heterocycles. The van der Waals surface area contributed by atoms with Crippen LogP contribution in [0, 0.1) is 13.8 Å². The van der Waals surface area contributed by atoms with Crippen LogP contribution in [0.1, 0.15) is 28.0 Å². The highest BCUT2D eigenvalue weighted by molar-refractivity contribution is 5.90. The molecule has 0 fully saturated rings. The lowest BCUT2D eigenvalue weighted by Crippen LogP contribution is -2.15. The van der Waals surface area contributed by atoms with Crippen molar-refractivity contribution in [1.82, 2.24) is 9.78 Å². The fraction of sp³-hybridized carbons (Fsp3) is 0.267. The second kappa shape index (κ2) is 6.21. The van der Waals surface area contributed by atoms with Crippen molar-refractivity contribution in [3.05, 3.63) is 47.3 Å². The first kappa shape index (κ1) is 14.8. The quantitative estimate of drug-likeness (QED) is 0.883. The number of hydrogen-bond acceptors (Lipinski definition) is 3. The number of anilines is 1. The van der Waals surface area contributed by atoms with Crippen LogP contribution in [0.15, 0.2) is 30.5 Å². The third kappa shape index (κ3) is 4.17. The molecule has 2 rings (SSSR count). The summed E-state index contributed by atoms with van der Waals surface area (Å²) in [5, 5.41) is 15.4. The van der Waals surface area contributed by atoms with Gasteiger partial charge in [-0.1, -0.05) is 6.07 Å². The van der Waals surface area contributed by atoms with E-state index in [9.17, 15) is 9.59 Å². The van der Waals surface area contributed by atoms with E-state index in [1.54, 1.807) is 6.20 Å². The summed E-state index contributed by atoms with van der Waals surface area (Å²) in [5.74, 6) is -1.21. The summed E-state index contributed by atoms with van der Waals surface area (Å²) in [6.07, 6.45) is 1.78. The van der Waals surface area contributed by atoms with Crippen molar-refractivity contribution >= 4 is 17.6 Å². The van der Waals surface area contributed by atoms with Crippen molar-refractivity contribution in [2.45, 2.75) is 26.8 Å². The fourth-order valence-electron chi connectivity index (χ4n) is 2.09. The number of benzene rings is 1. The molecular formula is C15H17N3O3. The van der Waals surface area contributed by atoms with Gasteiger partial charge in [-0.2, -0.15) is 5.10 Å². The van der Waals surface area contributed by atoms with Crippen LogP contribution < -0.4 is 5.32 Å². The Labute approximate surface area is 122 Å². The van der Waals surface area contributed by atoms with Crippen molar-refractivity contribution in [2.24, 2.45) is 0 Å². The third-order valence-electron chi connectivity index (χ3n) is 2.93. The summed E-state index contributed by atoms with van der Waals surface area (Å²) in [6.45, 7) is 4.28. The van der Waals surface area contributed by atoms with E-state index in [0.717, 1.165) is 16.8 Å². The minimum Gasteiger partial charge on any atom is -0.476 e. The van der Waals surface area contributed by atoms with Gasteiger partial charge in [-0.15, -0.1) is 0 Å². The Morgan fingerprint density at radius 2 is 1.90 bits per heavy atom. The number of carbonyl (C=O) groups is 2. The number of aryl methyl sites for hydroxylation is 3. The van der Waals surface area contributed by atoms with Gasteiger partial charge in [-0.05, 0) is 43.2 Å². The average Bonchev–Trinajstić information content (AvgIpc) is 2.84. The van der Waals surface area contributed by atoms with Crippen LogP contribution in [0.5, 0.6) is 0 Å². The van der Waals surface area contributed by atoms with E-state index < -0.39 is 5.97 Å². The maximum Gasteiger partial charge on any atom is 0.356 e. The summed E-state index contributed by atoms with van der Waals surface area (Å²) < 4.78 is 1.45. The van der Waals surface area contributed by atoms with E-state index in [1.165, 1.54) is 10.7 Å². The summed E-state index contributed by atoms with van der Waals surface area (Å²) in [6, 6.07) is 7.25. The lowest BCUT2D eigenvalue weighted by Gasteiger charge is -2.07. The molecule has 0 aliphatic rings. The standard InChI is InChI=1S/C15H17N3O3/c1-10-7-11(2)9-12(8-10)16-14(19)4-6-18-5-3-13(17-18)15(20)21/h3,5,7-9H,4,6H2,1-2H3,(H,16,19)(H,20,21). The van der Waals surface area contributed by atoms with Crippen molar-refractivity contribution in [2.75, 3.05) is 5.32 Å². The summed E-state index contributed by atoms with van der Waals surface area (Å²) in [5.41, 5.74) is 2.92. The molecule has 0 saturated carbocycles. The topological polar surface area (TPSA) is 84.2 Å². The lowest BCUT2D eigenvalue weighted by atomic mass is 10.1. The molecular weight excluding hydrogens is 270 g/mol. The summed E-state index contributed by atoms with van der Waals surface area (Å²) >= 11 is 0. The van der Waals surface area contributed by atoms with Crippen LogP contribution in [0.2, 0.25) is 0 Å². The smallest absolute Gasteiger partial charge is 0.356 e. The predicted molar refractivity (Wildman–Crippen MR) is 78.3 cm³/mol. The van der Waals surface area contributed by atoms with Crippen LogP contribution in [0.4, 0.5) is 5.69 Å². The molecule has 0 unspecified atom stereocenters. The first-order valence-electron chi connectivity index (χ1n) is 6.59. The molecule has 2 aromatic rings. The van der Waals surface area contributed by atoms with Crippen LogP contribution in [-0.2, 0) is 11.3 Å². The minimum atomic E-state index is -1.08. The molecule has 21 heavy (non-hydrogen) atoms. The molecule has 0 aliphatic carbocycles. The number of hydrogen-bond donors (Lipinski definition) is 2. The van der Waals surface area contributed by atoms with Gasteiger partial charge >= 0.3 is 5.97 Å². The van der Waals surface area contributed by atoms with E-state index in [-0.39, 0.29) is 18.0 Å². The van der Waals surface area contributed by atoms with Gasteiger partial charge in [0.05, 0.1) is 0 Å². The Morgan fingerprint density at radius 1 is 1.24 bits per heavy atom. The second-order valence-electron chi connectivity index (χ2n) is 4.94. The van der Waals surface area contributed by atoms with E-state index >= 15 is 0 Å². The van der Waals surface area contributed by atoms with Crippen molar-refractivity contribution in [3.63, 3.8) is 0 Å². The molecule has 2 N–H and O–H groups in total. The monoisotopic (exact) mass is 287 g/mol. The van der Waals surface area contributed by atoms with Gasteiger partial charge in [0.2, 0.25) is 5.91 Å². The molecule has 1 amide bonds. The molecule has 1 heterocycles. The normalized spacial score (nSPS) is 10.4. The summed E-state index contributed by atoms with van der Waals surface area (Å²) in [7, 11) is 0. The second-order valence-corrected chi connectivity index (χ2v) is 4.94. The van der Waals surface area contributed by atoms with Gasteiger partial charge in [0.25, 0.3) is 0 Å². The maximum atomic E-state index is 11.9. The molecule has 0 aliphatic heterocycles. The van der Waals surface area contributed by atoms with Gasteiger partial charge in [0.1, 0.15) is 0 Å². The number of rotatable bonds is 5. The largest absolute Gasteiger partial charge is 0.476 e. The highest BCUT2D eigenvalue weighted by Crippen LogP contribution is 2.14. The van der Waals surface area contributed by atoms with E-state index in [1.807, 2.05) is 32.0 Å². The molecule has 6 heteroatoms. The van der Waals surface area contributed by atoms with Crippen LogP contribution >= 0.6 is 0 Å². The lowest BCUT2D eigenvalue weighted by molar-refractivity contribution is -0.116. The molecule has 1 aromatic carbocycles. The van der Waals surface area contributed by atoms with Crippen molar-refractivity contribution < 1.29 is 14.7 Å². The predicted octanol–water partition coefficient (Wildman–Crippen LogP) is 2.23. The highest BCUT2D eigenvalue weighted by atomic mass is 16.4.